The maximum absolute atomic E-state index is 4.78. The van der Waals surface area contributed by atoms with Crippen LogP contribution in [0.1, 0.15) is 26.7 Å². The highest BCUT2D eigenvalue weighted by molar-refractivity contribution is 5.44. The van der Waals surface area contributed by atoms with Gasteiger partial charge in [-0.15, -0.1) is 0 Å². The molecule has 0 radical (unpaired) electrons. The lowest BCUT2D eigenvalue weighted by Crippen LogP contribution is -2.45. The Morgan fingerprint density at radius 1 is 1.10 bits per heavy atom. The number of hydrogen-bond acceptors (Lipinski definition) is 5. The van der Waals surface area contributed by atoms with E-state index >= 15 is 0 Å². The Balaban J connectivity index is 2.09. The van der Waals surface area contributed by atoms with Gasteiger partial charge in [-0.1, -0.05) is 13.8 Å². The molecule has 0 aromatic carbocycles. The maximum Gasteiger partial charge on any atom is 0.227 e. The smallest absolute Gasteiger partial charge is 0.227 e. The van der Waals surface area contributed by atoms with Gasteiger partial charge >= 0.3 is 0 Å². The van der Waals surface area contributed by atoms with Crippen molar-refractivity contribution >= 4 is 11.8 Å². The maximum atomic E-state index is 4.78. The van der Waals surface area contributed by atoms with Crippen LogP contribution in [-0.2, 0) is 0 Å². The predicted octanol–water partition coefficient (Wildman–Crippen LogP) is 1.85. The van der Waals surface area contributed by atoms with Crippen molar-refractivity contribution in [2.45, 2.75) is 26.7 Å². The van der Waals surface area contributed by atoms with Crippen LogP contribution in [0.4, 0.5) is 11.8 Å². The van der Waals surface area contributed by atoms with E-state index in [0.717, 1.165) is 63.9 Å². The van der Waals surface area contributed by atoms with Gasteiger partial charge < -0.3 is 14.7 Å². The molecule has 0 amide bonds. The van der Waals surface area contributed by atoms with Gasteiger partial charge in [-0.25, -0.2) is 4.98 Å². The Morgan fingerprint density at radius 3 is 2.35 bits per heavy atom. The van der Waals surface area contributed by atoms with Crippen LogP contribution in [0, 0.1) is 0 Å². The van der Waals surface area contributed by atoms with Crippen molar-refractivity contribution in [2.75, 3.05) is 56.1 Å². The van der Waals surface area contributed by atoms with Crippen molar-refractivity contribution in [3.05, 3.63) is 12.3 Å². The first-order valence-corrected chi connectivity index (χ1v) is 7.76. The summed E-state index contributed by atoms with van der Waals surface area (Å²) in [4.78, 5) is 16.3. The third-order valence-electron chi connectivity index (χ3n) is 3.73. The summed E-state index contributed by atoms with van der Waals surface area (Å²) >= 11 is 0. The summed E-state index contributed by atoms with van der Waals surface area (Å²) in [5, 5.41) is 0. The molecule has 2 rings (SSSR count). The van der Waals surface area contributed by atoms with E-state index in [9.17, 15) is 0 Å². The molecule has 0 bridgehead atoms. The fourth-order valence-corrected chi connectivity index (χ4v) is 2.55. The minimum absolute atomic E-state index is 0.880. The molecule has 0 N–H and O–H groups in total. The van der Waals surface area contributed by atoms with Gasteiger partial charge in [0.05, 0.1) is 0 Å². The van der Waals surface area contributed by atoms with E-state index in [4.69, 9.17) is 4.98 Å². The zero-order valence-electron chi connectivity index (χ0n) is 13.0. The van der Waals surface area contributed by atoms with Crippen LogP contribution in [0.15, 0.2) is 12.3 Å². The number of piperazine rings is 1. The molecule has 0 aliphatic carbocycles. The largest absolute Gasteiger partial charge is 0.354 e. The van der Waals surface area contributed by atoms with Gasteiger partial charge in [0.1, 0.15) is 5.82 Å². The summed E-state index contributed by atoms with van der Waals surface area (Å²) in [7, 11) is 2.17. The number of anilines is 2. The van der Waals surface area contributed by atoms with Crippen LogP contribution in [0.3, 0.4) is 0 Å². The second-order valence-electron chi connectivity index (χ2n) is 5.49. The van der Waals surface area contributed by atoms with Gasteiger partial charge in [-0.05, 0) is 26.0 Å². The molecule has 1 aliphatic heterocycles. The summed E-state index contributed by atoms with van der Waals surface area (Å²) in [5.41, 5.74) is 0. The average Bonchev–Trinajstić information content (AvgIpc) is 2.48. The van der Waals surface area contributed by atoms with Crippen LogP contribution in [0.25, 0.3) is 0 Å². The molecule has 1 aromatic heterocycles. The van der Waals surface area contributed by atoms with E-state index in [2.05, 4.69) is 40.6 Å². The quantitative estimate of drug-likeness (QED) is 0.793. The molecule has 112 valence electrons. The average molecular weight is 277 g/mol. The van der Waals surface area contributed by atoms with E-state index in [1.807, 2.05) is 12.3 Å². The highest BCUT2D eigenvalue weighted by atomic mass is 15.3. The first kappa shape index (κ1) is 15.0. The minimum Gasteiger partial charge on any atom is -0.354 e. The van der Waals surface area contributed by atoms with Crippen molar-refractivity contribution < 1.29 is 0 Å². The van der Waals surface area contributed by atoms with Gasteiger partial charge in [0.2, 0.25) is 5.95 Å². The molecule has 1 aliphatic rings. The van der Waals surface area contributed by atoms with Crippen LogP contribution >= 0.6 is 0 Å². The first-order valence-electron chi connectivity index (χ1n) is 7.76. The van der Waals surface area contributed by atoms with Gasteiger partial charge in [-0.3, -0.25) is 0 Å². The van der Waals surface area contributed by atoms with Crippen molar-refractivity contribution in [1.82, 2.24) is 14.9 Å². The fourth-order valence-electron chi connectivity index (χ4n) is 2.55. The molecular weight excluding hydrogens is 250 g/mol. The van der Waals surface area contributed by atoms with Gasteiger partial charge in [0, 0.05) is 45.5 Å². The zero-order valence-corrected chi connectivity index (χ0v) is 13.0. The molecule has 5 nitrogen and oxygen atoms in total. The molecule has 5 heteroatoms. The number of nitrogens with zero attached hydrogens (tertiary/aromatic N) is 5. The van der Waals surface area contributed by atoms with Crippen molar-refractivity contribution in [1.29, 1.82) is 0 Å². The molecule has 1 saturated heterocycles. The Labute approximate surface area is 122 Å². The topological polar surface area (TPSA) is 35.5 Å². The number of aromatic nitrogens is 2. The zero-order chi connectivity index (χ0) is 14.4. The Morgan fingerprint density at radius 2 is 1.75 bits per heavy atom. The summed E-state index contributed by atoms with van der Waals surface area (Å²) < 4.78 is 0. The van der Waals surface area contributed by atoms with E-state index in [-0.39, 0.29) is 0 Å². The summed E-state index contributed by atoms with van der Waals surface area (Å²) in [6.07, 6.45) is 4.15. The van der Waals surface area contributed by atoms with E-state index in [1.165, 1.54) is 0 Å². The van der Waals surface area contributed by atoms with Crippen molar-refractivity contribution in [2.24, 2.45) is 0 Å². The van der Waals surface area contributed by atoms with Crippen molar-refractivity contribution in [3.63, 3.8) is 0 Å². The van der Waals surface area contributed by atoms with E-state index < -0.39 is 0 Å². The summed E-state index contributed by atoms with van der Waals surface area (Å²) in [6.45, 7) is 10.8. The molecule has 0 spiro atoms. The minimum atomic E-state index is 0.880. The van der Waals surface area contributed by atoms with Crippen molar-refractivity contribution in [3.8, 4) is 0 Å². The normalized spacial score (nSPS) is 16.4. The SMILES string of the molecule is CCCN(CCC)c1nccc(N2CCN(C)CC2)n1. The highest BCUT2D eigenvalue weighted by Crippen LogP contribution is 2.17. The Hall–Kier alpha value is -1.36. The monoisotopic (exact) mass is 277 g/mol. The lowest BCUT2D eigenvalue weighted by molar-refractivity contribution is 0.312. The first-order chi connectivity index (χ1) is 9.74. The number of hydrogen-bond donors (Lipinski definition) is 0. The van der Waals surface area contributed by atoms with Gasteiger partial charge in [0.25, 0.3) is 0 Å². The predicted molar refractivity (Wildman–Crippen MR) is 84.5 cm³/mol. The fraction of sp³-hybridized carbons (Fsp3) is 0.733. The third kappa shape index (κ3) is 3.82. The second-order valence-corrected chi connectivity index (χ2v) is 5.49. The molecule has 0 unspecified atom stereocenters. The molecule has 1 fully saturated rings. The third-order valence-corrected chi connectivity index (χ3v) is 3.73. The molecule has 20 heavy (non-hydrogen) atoms. The van der Waals surface area contributed by atoms with Crippen LogP contribution < -0.4 is 9.80 Å². The number of likely N-dealkylation sites (N-methyl/N-ethyl adjacent to an activating group) is 1. The molecule has 1 aromatic rings. The van der Waals surface area contributed by atoms with Crippen LogP contribution in [0.5, 0.6) is 0 Å². The van der Waals surface area contributed by atoms with Gasteiger partial charge in [0.15, 0.2) is 0 Å². The lowest BCUT2D eigenvalue weighted by Gasteiger charge is -2.33. The standard InChI is InChI=1S/C15H27N5/c1-4-8-20(9-5-2)15-16-7-6-14(17-15)19-12-10-18(3)11-13-19/h6-7H,4-5,8-13H2,1-3H3. The van der Waals surface area contributed by atoms with E-state index in [0.29, 0.717) is 0 Å². The Kier molecular flexibility index (Phi) is 5.59. The molecule has 0 atom stereocenters. The highest BCUT2D eigenvalue weighted by Gasteiger charge is 2.16. The van der Waals surface area contributed by atoms with Crippen LogP contribution in [0.2, 0.25) is 0 Å². The summed E-state index contributed by atoms with van der Waals surface area (Å²) in [5.74, 6) is 1.95. The van der Waals surface area contributed by atoms with E-state index in [1.54, 1.807) is 0 Å². The molecule has 0 saturated carbocycles. The second kappa shape index (κ2) is 7.43. The van der Waals surface area contributed by atoms with Gasteiger partial charge in [-0.2, -0.15) is 4.98 Å². The summed E-state index contributed by atoms with van der Waals surface area (Å²) in [6, 6.07) is 2.03. The molecule has 2 heterocycles. The lowest BCUT2D eigenvalue weighted by atomic mass is 10.3. The molecular formula is C15H27N5. The Bertz CT molecular complexity index is 395. The number of rotatable bonds is 6. The van der Waals surface area contributed by atoms with Crippen LogP contribution in [-0.4, -0.2) is 61.2 Å².